The number of amides is 1. The van der Waals surface area contributed by atoms with E-state index in [0.717, 1.165) is 13.0 Å². The fourth-order valence-electron chi connectivity index (χ4n) is 1.71. The highest BCUT2D eigenvalue weighted by atomic mass is 16.2. The van der Waals surface area contributed by atoms with Gasteiger partial charge in [-0.3, -0.25) is 4.79 Å². The molecule has 1 saturated heterocycles. The Morgan fingerprint density at radius 3 is 2.40 bits per heavy atom. The first kappa shape index (κ1) is 7.58. The van der Waals surface area contributed by atoms with Gasteiger partial charge in [0.2, 0.25) is 5.91 Å². The monoisotopic (exact) mass is 141 g/mol. The molecule has 0 bridgehead atoms. The molecule has 58 valence electrons. The van der Waals surface area contributed by atoms with E-state index in [4.69, 9.17) is 0 Å². The summed E-state index contributed by atoms with van der Waals surface area (Å²) in [6, 6.07) is 0.465. The lowest BCUT2D eigenvalue weighted by molar-refractivity contribution is -0.131. The zero-order valence-corrected chi connectivity index (χ0v) is 6.92. The highest BCUT2D eigenvalue weighted by Crippen LogP contribution is 2.22. The molecule has 0 aliphatic carbocycles. The number of hydrogen-bond donors (Lipinski definition) is 0. The first-order chi connectivity index (χ1) is 4.66. The van der Waals surface area contributed by atoms with Gasteiger partial charge in [-0.05, 0) is 20.3 Å². The second-order valence-electron chi connectivity index (χ2n) is 3.11. The van der Waals surface area contributed by atoms with E-state index in [9.17, 15) is 4.79 Å². The highest BCUT2D eigenvalue weighted by Gasteiger charge is 2.32. The van der Waals surface area contributed by atoms with Gasteiger partial charge >= 0.3 is 0 Å². The van der Waals surface area contributed by atoms with E-state index in [0.29, 0.717) is 11.9 Å². The van der Waals surface area contributed by atoms with Crippen molar-refractivity contribution >= 4 is 5.91 Å². The molecule has 1 heterocycles. The Labute approximate surface area is 62.2 Å². The van der Waals surface area contributed by atoms with Crippen LogP contribution in [0.5, 0.6) is 0 Å². The summed E-state index contributed by atoms with van der Waals surface area (Å²) in [6.07, 6.45) is 1.03. The normalized spacial score (nSPS) is 33.5. The van der Waals surface area contributed by atoms with Crippen LogP contribution in [0.4, 0.5) is 0 Å². The van der Waals surface area contributed by atoms with Gasteiger partial charge in [0.25, 0.3) is 0 Å². The molecule has 2 heteroatoms. The first-order valence-corrected chi connectivity index (χ1v) is 3.97. The summed E-state index contributed by atoms with van der Waals surface area (Å²) < 4.78 is 0. The first-order valence-electron chi connectivity index (χ1n) is 3.97. The summed E-state index contributed by atoms with van der Waals surface area (Å²) in [6.45, 7) is 7.02. The molecule has 2 atom stereocenters. The summed E-state index contributed by atoms with van der Waals surface area (Å²) >= 11 is 0. The van der Waals surface area contributed by atoms with Crippen molar-refractivity contribution < 1.29 is 4.79 Å². The Kier molecular flexibility index (Phi) is 1.97. The predicted octanol–water partition coefficient (Wildman–Crippen LogP) is 1.26. The Balaban J connectivity index is 2.64. The van der Waals surface area contributed by atoms with Crippen molar-refractivity contribution in [3.05, 3.63) is 0 Å². The van der Waals surface area contributed by atoms with Crippen molar-refractivity contribution in [3.8, 4) is 0 Å². The molecule has 0 saturated carbocycles. The third kappa shape index (κ3) is 1.02. The van der Waals surface area contributed by atoms with Gasteiger partial charge in [-0.25, -0.2) is 0 Å². The third-order valence-electron chi connectivity index (χ3n) is 2.27. The molecule has 0 unspecified atom stereocenters. The molecule has 10 heavy (non-hydrogen) atoms. The second-order valence-corrected chi connectivity index (χ2v) is 3.11. The van der Waals surface area contributed by atoms with E-state index in [1.54, 1.807) is 0 Å². The molecule has 0 spiro atoms. The fourth-order valence-corrected chi connectivity index (χ4v) is 1.71. The lowest BCUT2D eigenvalue weighted by atomic mass is 10.1. The van der Waals surface area contributed by atoms with Crippen LogP contribution in [-0.2, 0) is 4.79 Å². The van der Waals surface area contributed by atoms with Crippen LogP contribution in [0, 0.1) is 5.92 Å². The number of carbonyl (C=O) groups excluding carboxylic acids is 1. The summed E-state index contributed by atoms with van der Waals surface area (Å²) in [4.78, 5) is 13.2. The molecule has 1 aliphatic rings. The molecule has 0 N–H and O–H groups in total. The zero-order valence-electron chi connectivity index (χ0n) is 6.92. The van der Waals surface area contributed by atoms with Crippen LogP contribution >= 0.6 is 0 Å². The summed E-state index contributed by atoms with van der Waals surface area (Å²) in [7, 11) is 0. The molecular formula is C8H15NO. The molecule has 2 nitrogen and oxygen atoms in total. The average Bonchev–Trinajstić information content (AvgIpc) is 2.09. The molecule has 1 fully saturated rings. The average molecular weight is 141 g/mol. The van der Waals surface area contributed by atoms with E-state index in [2.05, 4.69) is 6.92 Å². The minimum Gasteiger partial charge on any atom is -0.340 e. The number of likely N-dealkylation sites (tertiary alicyclic amines) is 1. The standard InChI is InChI=1S/C8H15NO/c1-4-9-7(3)5-6(2)8(9)10/h6-7H,4-5H2,1-3H3/t6-,7+/m1/s1. The van der Waals surface area contributed by atoms with Gasteiger partial charge in [0.05, 0.1) is 0 Å². The number of hydrogen-bond acceptors (Lipinski definition) is 1. The van der Waals surface area contributed by atoms with Crippen LogP contribution in [0.2, 0.25) is 0 Å². The van der Waals surface area contributed by atoms with Crippen LogP contribution in [0.15, 0.2) is 0 Å². The van der Waals surface area contributed by atoms with Crippen molar-refractivity contribution in [1.82, 2.24) is 4.90 Å². The number of carbonyl (C=O) groups is 1. The molecule has 0 aromatic heterocycles. The summed E-state index contributed by atoms with van der Waals surface area (Å²) in [5, 5.41) is 0. The Bertz CT molecular complexity index is 144. The summed E-state index contributed by atoms with van der Waals surface area (Å²) in [5.41, 5.74) is 0. The Morgan fingerprint density at radius 1 is 1.60 bits per heavy atom. The van der Waals surface area contributed by atoms with Crippen molar-refractivity contribution in [1.29, 1.82) is 0 Å². The summed E-state index contributed by atoms with van der Waals surface area (Å²) in [5.74, 6) is 0.588. The maximum absolute atomic E-state index is 11.3. The van der Waals surface area contributed by atoms with E-state index in [1.807, 2.05) is 18.7 Å². The van der Waals surface area contributed by atoms with Crippen molar-refractivity contribution in [2.75, 3.05) is 6.54 Å². The lowest BCUT2D eigenvalue weighted by Crippen LogP contribution is -2.31. The predicted molar refractivity (Wildman–Crippen MR) is 40.6 cm³/mol. The van der Waals surface area contributed by atoms with E-state index in [-0.39, 0.29) is 5.92 Å². The van der Waals surface area contributed by atoms with E-state index >= 15 is 0 Å². The minimum absolute atomic E-state index is 0.259. The van der Waals surface area contributed by atoms with Gasteiger partial charge in [-0.15, -0.1) is 0 Å². The smallest absolute Gasteiger partial charge is 0.225 e. The van der Waals surface area contributed by atoms with E-state index in [1.165, 1.54) is 0 Å². The van der Waals surface area contributed by atoms with Gasteiger partial charge < -0.3 is 4.90 Å². The van der Waals surface area contributed by atoms with Gasteiger partial charge in [0, 0.05) is 18.5 Å². The molecular weight excluding hydrogens is 126 g/mol. The van der Waals surface area contributed by atoms with Crippen LogP contribution in [0.3, 0.4) is 0 Å². The quantitative estimate of drug-likeness (QED) is 0.538. The van der Waals surface area contributed by atoms with Gasteiger partial charge in [-0.2, -0.15) is 0 Å². The topological polar surface area (TPSA) is 20.3 Å². The molecule has 0 aromatic carbocycles. The van der Waals surface area contributed by atoms with Crippen LogP contribution < -0.4 is 0 Å². The Hall–Kier alpha value is -0.530. The molecule has 1 amide bonds. The molecule has 1 rings (SSSR count). The third-order valence-corrected chi connectivity index (χ3v) is 2.27. The van der Waals surface area contributed by atoms with E-state index < -0.39 is 0 Å². The lowest BCUT2D eigenvalue weighted by Gasteiger charge is -2.18. The fraction of sp³-hybridized carbons (Fsp3) is 0.875. The van der Waals surface area contributed by atoms with Crippen molar-refractivity contribution in [2.24, 2.45) is 5.92 Å². The molecule has 1 aliphatic heterocycles. The maximum Gasteiger partial charge on any atom is 0.225 e. The number of rotatable bonds is 1. The minimum atomic E-state index is 0.259. The van der Waals surface area contributed by atoms with Crippen LogP contribution in [-0.4, -0.2) is 23.4 Å². The molecule has 0 aromatic rings. The second kappa shape index (κ2) is 2.60. The van der Waals surface area contributed by atoms with Crippen molar-refractivity contribution in [3.63, 3.8) is 0 Å². The maximum atomic E-state index is 11.3. The highest BCUT2D eigenvalue weighted by molar-refractivity contribution is 5.80. The van der Waals surface area contributed by atoms with Crippen molar-refractivity contribution in [2.45, 2.75) is 33.2 Å². The van der Waals surface area contributed by atoms with Gasteiger partial charge in [-0.1, -0.05) is 6.92 Å². The Morgan fingerprint density at radius 2 is 2.20 bits per heavy atom. The number of nitrogens with zero attached hydrogens (tertiary/aromatic N) is 1. The largest absolute Gasteiger partial charge is 0.340 e. The SMILES string of the molecule is CCN1C(=O)[C@H](C)C[C@@H]1C. The zero-order chi connectivity index (χ0) is 7.72. The van der Waals surface area contributed by atoms with Gasteiger partial charge in [0.15, 0.2) is 0 Å². The van der Waals surface area contributed by atoms with Gasteiger partial charge in [0.1, 0.15) is 0 Å². The van der Waals surface area contributed by atoms with Crippen LogP contribution in [0.25, 0.3) is 0 Å². The molecule has 0 radical (unpaired) electrons. The van der Waals surface area contributed by atoms with Crippen LogP contribution in [0.1, 0.15) is 27.2 Å².